The summed E-state index contributed by atoms with van der Waals surface area (Å²) in [6.07, 6.45) is 0. The van der Waals surface area contributed by atoms with E-state index in [0.29, 0.717) is 15.5 Å². The molecule has 0 amide bonds. The molecule has 0 aliphatic rings. The minimum Gasteiger partial charge on any atom is -0.369 e. The molecule has 0 atom stereocenters. The van der Waals surface area contributed by atoms with Crippen molar-refractivity contribution < 1.29 is 8.78 Å². The molecule has 20 heavy (non-hydrogen) atoms. The van der Waals surface area contributed by atoms with Gasteiger partial charge in [-0.2, -0.15) is 0 Å². The van der Waals surface area contributed by atoms with Gasteiger partial charge in [0.2, 0.25) is 5.95 Å². The molecule has 3 aromatic rings. The quantitative estimate of drug-likeness (QED) is 0.655. The Bertz CT molecular complexity index is 830. The Labute approximate surface area is 129 Å². The normalized spacial score (nSPS) is 11.2. The zero-order chi connectivity index (χ0) is 14.4. The Hall–Kier alpha value is -1.47. The molecule has 0 saturated carbocycles. The fourth-order valence-corrected chi connectivity index (χ4v) is 2.68. The third-order valence-corrected chi connectivity index (χ3v) is 3.97. The molecule has 2 N–H and O–H groups in total. The smallest absolute Gasteiger partial charge is 0.206 e. The van der Waals surface area contributed by atoms with Gasteiger partial charge < -0.3 is 5.73 Å². The number of aromatic nitrogens is 2. The molecule has 3 nitrogen and oxygen atoms in total. The van der Waals surface area contributed by atoms with Gasteiger partial charge in [-0.05, 0) is 40.2 Å². The molecule has 0 unspecified atom stereocenters. The molecule has 0 aliphatic carbocycles. The molecule has 0 spiro atoms. The maximum absolute atomic E-state index is 14.0. The summed E-state index contributed by atoms with van der Waals surface area (Å²) in [5, 5.41) is 0. The van der Waals surface area contributed by atoms with Crippen LogP contribution in [0.4, 0.5) is 14.7 Å². The predicted molar refractivity (Wildman–Crippen MR) is 80.8 cm³/mol. The zero-order valence-corrected chi connectivity index (χ0v) is 13.0. The lowest BCUT2D eigenvalue weighted by atomic mass is 10.2. The summed E-state index contributed by atoms with van der Waals surface area (Å²) in [6, 6.07) is 7.22. The molecule has 0 saturated heterocycles. The molecule has 0 aliphatic heterocycles. The van der Waals surface area contributed by atoms with Crippen molar-refractivity contribution in [1.29, 1.82) is 0 Å². The van der Waals surface area contributed by atoms with Crippen molar-refractivity contribution in [3.05, 3.63) is 50.9 Å². The van der Waals surface area contributed by atoms with Gasteiger partial charge in [0.05, 0.1) is 21.2 Å². The Kier molecular flexibility index (Phi) is 3.25. The van der Waals surface area contributed by atoms with Crippen LogP contribution in [0.2, 0.25) is 0 Å². The summed E-state index contributed by atoms with van der Waals surface area (Å²) in [7, 11) is 0. The van der Waals surface area contributed by atoms with Crippen LogP contribution in [-0.4, -0.2) is 9.55 Å². The van der Waals surface area contributed by atoms with E-state index in [2.05, 4.69) is 36.8 Å². The second-order valence-corrected chi connectivity index (χ2v) is 5.93. The number of nitrogens with two attached hydrogens (primary N) is 1. The van der Waals surface area contributed by atoms with Crippen LogP contribution in [-0.2, 0) is 0 Å². The van der Waals surface area contributed by atoms with Gasteiger partial charge in [-0.3, -0.25) is 4.57 Å². The van der Waals surface area contributed by atoms with Crippen molar-refractivity contribution in [2.75, 3.05) is 5.73 Å². The van der Waals surface area contributed by atoms with E-state index in [0.717, 1.165) is 0 Å². The Balaban J connectivity index is 2.38. The number of benzene rings is 2. The lowest BCUT2D eigenvalue weighted by Crippen LogP contribution is -2.03. The highest BCUT2D eigenvalue weighted by atomic mass is 79.9. The summed E-state index contributed by atoms with van der Waals surface area (Å²) in [6.45, 7) is 0. The second-order valence-electron chi connectivity index (χ2n) is 4.16. The van der Waals surface area contributed by atoms with E-state index in [1.165, 1.54) is 22.8 Å². The highest BCUT2D eigenvalue weighted by Gasteiger charge is 2.16. The first kappa shape index (κ1) is 13.5. The maximum atomic E-state index is 14.0. The largest absolute Gasteiger partial charge is 0.369 e. The first-order valence-corrected chi connectivity index (χ1v) is 7.14. The number of halogens is 4. The molecule has 0 radical (unpaired) electrons. The first-order chi connectivity index (χ1) is 9.47. The van der Waals surface area contributed by atoms with Crippen molar-refractivity contribution in [2.45, 2.75) is 0 Å². The average Bonchev–Trinajstić information content (AvgIpc) is 2.69. The molecule has 0 bridgehead atoms. The van der Waals surface area contributed by atoms with Gasteiger partial charge in [0.15, 0.2) is 0 Å². The van der Waals surface area contributed by atoms with E-state index in [-0.39, 0.29) is 16.1 Å². The van der Waals surface area contributed by atoms with E-state index in [9.17, 15) is 8.78 Å². The lowest BCUT2D eigenvalue weighted by molar-refractivity contribution is 0.617. The van der Waals surface area contributed by atoms with Crippen LogP contribution in [0, 0.1) is 11.6 Å². The van der Waals surface area contributed by atoms with Gasteiger partial charge in [0.25, 0.3) is 0 Å². The van der Waals surface area contributed by atoms with Crippen molar-refractivity contribution in [3.63, 3.8) is 0 Å². The van der Waals surface area contributed by atoms with Gasteiger partial charge in [0.1, 0.15) is 11.6 Å². The van der Waals surface area contributed by atoms with Crippen LogP contribution in [0.5, 0.6) is 0 Å². The van der Waals surface area contributed by atoms with Crippen molar-refractivity contribution >= 4 is 48.8 Å². The summed E-state index contributed by atoms with van der Waals surface area (Å²) in [5.41, 5.74) is 6.93. The standard InChI is InChI=1S/C13H7Br2F2N3/c14-6-1-2-8(16)11(3-6)20-12-5-9(17)7(15)4-10(12)19-13(20)18/h1-5H,(H2,18,19). The second kappa shape index (κ2) is 4.82. The predicted octanol–water partition coefficient (Wildman–Crippen LogP) is 4.41. The van der Waals surface area contributed by atoms with Crippen molar-refractivity contribution in [1.82, 2.24) is 9.55 Å². The topological polar surface area (TPSA) is 43.8 Å². The van der Waals surface area contributed by atoms with E-state index in [1.807, 2.05) is 0 Å². The van der Waals surface area contributed by atoms with E-state index in [4.69, 9.17) is 5.73 Å². The van der Waals surface area contributed by atoms with Crippen LogP contribution in [0.3, 0.4) is 0 Å². The number of imidazole rings is 1. The average molecular weight is 403 g/mol. The molecule has 102 valence electrons. The molecule has 7 heteroatoms. The van der Waals surface area contributed by atoms with Crippen molar-refractivity contribution in [2.24, 2.45) is 0 Å². The van der Waals surface area contributed by atoms with Gasteiger partial charge in [-0.15, -0.1) is 0 Å². The minimum absolute atomic E-state index is 0.0921. The number of hydrogen-bond acceptors (Lipinski definition) is 2. The summed E-state index contributed by atoms with van der Waals surface area (Å²) >= 11 is 6.36. The van der Waals surface area contributed by atoms with Gasteiger partial charge in [-0.1, -0.05) is 15.9 Å². The highest BCUT2D eigenvalue weighted by Crippen LogP contribution is 2.29. The van der Waals surface area contributed by atoms with Crippen LogP contribution in [0.25, 0.3) is 16.7 Å². The van der Waals surface area contributed by atoms with Crippen LogP contribution < -0.4 is 5.73 Å². The van der Waals surface area contributed by atoms with Gasteiger partial charge in [-0.25, -0.2) is 13.8 Å². The van der Waals surface area contributed by atoms with Crippen molar-refractivity contribution in [3.8, 4) is 5.69 Å². The Morgan fingerprint density at radius 2 is 1.80 bits per heavy atom. The number of nitrogens with zero attached hydrogens (tertiary/aromatic N) is 2. The SMILES string of the molecule is Nc1nc2cc(Br)c(F)cc2n1-c1cc(Br)ccc1F. The molecular formula is C13H7Br2F2N3. The number of hydrogen-bond donors (Lipinski definition) is 1. The minimum atomic E-state index is -0.470. The first-order valence-electron chi connectivity index (χ1n) is 5.56. The number of fused-ring (bicyclic) bond motifs is 1. The summed E-state index contributed by atoms with van der Waals surface area (Å²) in [4.78, 5) is 4.12. The monoisotopic (exact) mass is 401 g/mol. The van der Waals surface area contributed by atoms with Crippen LogP contribution in [0.1, 0.15) is 0 Å². The zero-order valence-electron chi connectivity index (χ0n) is 9.87. The lowest BCUT2D eigenvalue weighted by Gasteiger charge is -2.08. The number of rotatable bonds is 1. The third-order valence-electron chi connectivity index (χ3n) is 2.87. The molecule has 2 aromatic carbocycles. The fourth-order valence-electron chi connectivity index (χ4n) is 2.00. The molecule has 1 heterocycles. The van der Waals surface area contributed by atoms with Gasteiger partial charge >= 0.3 is 0 Å². The number of nitrogen functional groups attached to an aromatic ring is 1. The summed E-state index contributed by atoms with van der Waals surface area (Å²) < 4.78 is 30.0. The van der Waals surface area contributed by atoms with E-state index < -0.39 is 11.6 Å². The Morgan fingerprint density at radius 3 is 2.55 bits per heavy atom. The highest BCUT2D eigenvalue weighted by molar-refractivity contribution is 9.10. The fraction of sp³-hybridized carbons (Fsp3) is 0. The van der Waals surface area contributed by atoms with Crippen LogP contribution in [0.15, 0.2) is 39.3 Å². The van der Waals surface area contributed by atoms with Crippen LogP contribution >= 0.6 is 31.9 Å². The van der Waals surface area contributed by atoms with Gasteiger partial charge in [0, 0.05) is 10.5 Å². The molecule has 0 fully saturated rings. The molecule has 3 rings (SSSR count). The third kappa shape index (κ3) is 2.10. The van der Waals surface area contributed by atoms with E-state index in [1.54, 1.807) is 12.1 Å². The van der Waals surface area contributed by atoms with E-state index >= 15 is 0 Å². The maximum Gasteiger partial charge on any atom is 0.206 e. The molecular weight excluding hydrogens is 396 g/mol. The number of anilines is 1. The summed E-state index contributed by atoms with van der Waals surface area (Å²) in [5.74, 6) is -0.842. The molecule has 1 aromatic heterocycles. The Morgan fingerprint density at radius 1 is 1.05 bits per heavy atom.